The third-order valence-electron chi connectivity index (χ3n) is 3.02. The normalized spacial score (nSPS) is 12.0. The lowest BCUT2D eigenvalue weighted by atomic mass is 9.93. The topological polar surface area (TPSA) is 35.2 Å². The van der Waals surface area contributed by atoms with Gasteiger partial charge in [-0.25, -0.2) is 0 Å². The standard InChI is InChI=1S/C14H21NO/c1-4-14(15,5-2)10-9-12-7-6-8-13(11-12)16-3/h6-11H,4-5,15H2,1-3H3/b10-9+. The van der Waals surface area contributed by atoms with Crippen LogP contribution in [0.25, 0.3) is 6.08 Å². The van der Waals surface area contributed by atoms with Gasteiger partial charge in [0.25, 0.3) is 0 Å². The molecule has 1 rings (SSSR count). The van der Waals surface area contributed by atoms with Crippen molar-refractivity contribution in [3.05, 3.63) is 35.9 Å². The maximum absolute atomic E-state index is 6.20. The van der Waals surface area contributed by atoms with Gasteiger partial charge in [-0.2, -0.15) is 0 Å². The zero-order chi connectivity index (χ0) is 12.0. The molecule has 0 saturated carbocycles. The molecule has 2 heteroatoms. The SMILES string of the molecule is CCC(N)(/C=C/c1cccc(OC)c1)CC. The molecular formula is C14H21NO. The van der Waals surface area contributed by atoms with Crippen LogP contribution in [0.3, 0.4) is 0 Å². The fourth-order valence-electron chi connectivity index (χ4n) is 1.49. The summed E-state index contributed by atoms with van der Waals surface area (Å²) in [6.45, 7) is 4.22. The summed E-state index contributed by atoms with van der Waals surface area (Å²) in [7, 11) is 1.67. The third-order valence-corrected chi connectivity index (χ3v) is 3.02. The lowest BCUT2D eigenvalue weighted by molar-refractivity contribution is 0.414. The highest BCUT2D eigenvalue weighted by atomic mass is 16.5. The van der Waals surface area contributed by atoms with Crippen LogP contribution in [0.2, 0.25) is 0 Å². The number of rotatable bonds is 5. The molecule has 0 fully saturated rings. The number of ether oxygens (including phenoxy) is 1. The molecule has 0 heterocycles. The average Bonchev–Trinajstić information content (AvgIpc) is 2.36. The largest absolute Gasteiger partial charge is 0.497 e. The summed E-state index contributed by atoms with van der Waals surface area (Å²) in [5, 5.41) is 0. The Kier molecular flexibility index (Phi) is 4.56. The highest BCUT2D eigenvalue weighted by Crippen LogP contribution is 2.18. The zero-order valence-corrected chi connectivity index (χ0v) is 10.4. The van der Waals surface area contributed by atoms with E-state index in [4.69, 9.17) is 10.5 Å². The van der Waals surface area contributed by atoms with Crippen LogP contribution in [-0.4, -0.2) is 12.6 Å². The molecule has 0 radical (unpaired) electrons. The average molecular weight is 219 g/mol. The van der Waals surface area contributed by atoms with E-state index in [9.17, 15) is 0 Å². The molecule has 1 aromatic rings. The first kappa shape index (κ1) is 12.8. The molecule has 0 aromatic heterocycles. The number of hydrogen-bond acceptors (Lipinski definition) is 2. The number of benzene rings is 1. The van der Waals surface area contributed by atoms with Gasteiger partial charge in [0.15, 0.2) is 0 Å². The van der Waals surface area contributed by atoms with E-state index in [0.717, 1.165) is 24.2 Å². The van der Waals surface area contributed by atoms with Gasteiger partial charge in [0.1, 0.15) is 5.75 Å². The second kappa shape index (κ2) is 5.71. The molecule has 2 nitrogen and oxygen atoms in total. The van der Waals surface area contributed by atoms with Crippen molar-refractivity contribution in [2.45, 2.75) is 32.2 Å². The number of nitrogens with two attached hydrogens (primary N) is 1. The predicted molar refractivity (Wildman–Crippen MR) is 69.5 cm³/mol. The Morgan fingerprint density at radius 3 is 2.56 bits per heavy atom. The molecule has 2 N–H and O–H groups in total. The van der Waals surface area contributed by atoms with Gasteiger partial charge in [-0.15, -0.1) is 0 Å². The van der Waals surface area contributed by atoms with E-state index >= 15 is 0 Å². The van der Waals surface area contributed by atoms with Crippen molar-refractivity contribution in [1.82, 2.24) is 0 Å². The summed E-state index contributed by atoms with van der Waals surface area (Å²) in [4.78, 5) is 0. The summed E-state index contributed by atoms with van der Waals surface area (Å²) in [5.41, 5.74) is 7.13. The summed E-state index contributed by atoms with van der Waals surface area (Å²) >= 11 is 0. The molecule has 0 amide bonds. The van der Waals surface area contributed by atoms with Crippen LogP contribution in [0, 0.1) is 0 Å². The van der Waals surface area contributed by atoms with Crippen molar-refractivity contribution in [1.29, 1.82) is 0 Å². The fraction of sp³-hybridized carbons (Fsp3) is 0.429. The highest BCUT2D eigenvalue weighted by Gasteiger charge is 2.15. The lowest BCUT2D eigenvalue weighted by Gasteiger charge is -2.21. The quantitative estimate of drug-likeness (QED) is 0.825. The van der Waals surface area contributed by atoms with Crippen LogP contribution in [-0.2, 0) is 0 Å². The molecule has 0 aliphatic rings. The Balaban J connectivity index is 2.82. The smallest absolute Gasteiger partial charge is 0.119 e. The Hall–Kier alpha value is -1.28. The first-order valence-corrected chi connectivity index (χ1v) is 5.75. The van der Waals surface area contributed by atoms with Crippen LogP contribution in [0.4, 0.5) is 0 Å². The molecule has 0 saturated heterocycles. The molecule has 88 valence electrons. The second-order valence-electron chi connectivity index (χ2n) is 4.05. The molecule has 0 aliphatic carbocycles. The van der Waals surface area contributed by atoms with E-state index in [2.05, 4.69) is 26.0 Å². The van der Waals surface area contributed by atoms with Crippen LogP contribution >= 0.6 is 0 Å². The van der Waals surface area contributed by atoms with Crippen molar-refractivity contribution in [3.8, 4) is 5.75 Å². The Labute approximate surface area is 98.1 Å². The monoisotopic (exact) mass is 219 g/mol. The second-order valence-corrected chi connectivity index (χ2v) is 4.05. The molecule has 0 spiro atoms. The Bertz CT molecular complexity index is 354. The van der Waals surface area contributed by atoms with Crippen molar-refractivity contribution >= 4 is 6.08 Å². The summed E-state index contributed by atoms with van der Waals surface area (Å²) < 4.78 is 5.17. The zero-order valence-electron chi connectivity index (χ0n) is 10.4. The van der Waals surface area contributed by atoms with Crippen molar-refractivity contribution in [3.63, 3.8) is 0 Å². The van der Waals surface area contributed by atoms with Gasteiger partial charge in [0.05, 0.1) is 7.11 Å². The predicted octanol–water partition coefficient (Wildman–Crippen LogP) is 3.23. The van der Waals surface area contributed by atoms with E-state index in [1.165, 1.54) is 0 Å². The van der Waals surface area contributed by atoms with Gasteiger partial charge in [-0.1, -0.05) is 38.1 Å². The minimum atomic E-state index is -0.191. The fourth-order valence-corrected chi connectivity index (χ4v) is 1.49. The molecular weight excluding hydrogens is 198 g/mol. The minimum absolute atomic E-state index is 0.191. The number of methoxy groups -OCH3 is 1. The maximum atomic E-state index is 6.20. The summed E-state index contributed by atoms with van der Waals surface area (Å²) in [6, 6.07) is 7.97. The van der Waals surface area contributed by atoms with Gasteiger partial charge < -0.3 is 10.5 Å². The van der Waals surface area contributed by atoms with Crippen LogP contribution in [0.1, 0.15) is 32.3 Å². The van der Waals surface area contributed by atoms with Gasteiger partial charge in [0, 0.05) is 5.54 Å². The Morgan fingerprint density at radius 1 is 1.31 bits per heavy atom. The van der Waals surface area contributed by atoms with Gasteiger partial charge in [-0.3, -0.25) is 0 Å². The Morgan fingerprint density at radius 2 is 2.00 bits per heavy atom. The van der Waals surface area contributed by atoms with Gasteiger partial charge in [-0.05, 0) is 30.5 Å². The van der Waals surface area contributed by atoms with E-state index < -0.39 is 0 Å². The van der Waals surface area contributed by atoms with E-state index in [0.29, 0.717) is 0 Å². The summed E-state index contributed by atoms with van der Waals surface area (Å²) in [5.74, 6) is 0.873. The maximum Gasteiger partial charge on any atom is 0.119 e. The third kappa shape index (κ3) is 3.38. The molecule has 16 heavy (non-hydrogen) atoms. The highest BCUT2D eigenvalue weighted by molar-refractivity contribution is 5.53. The van der Waals surface area contributed by atoms with Crippen LogP contribution < -0.4 is 10.5 Å². The molecule has 0 aliphatic heterocycles. The van der Waals surface area contributed by atoms with Crippen LogP contribution in [0.15, 0.2) is 30.3 Å². The first-order valence-electron chi connectivity index (χ1n) is 5.75. The van der Waals surface area contributed by atoms with Gasteiger partial charge >= 0.3 is 0 Å². The molecule has 0 unspecified atom stereocenters. The van der Waals surface area contributed by atoms with Crippen molar-refractivity contribution < 1.29 is 4.74 Å². The first-order chi connectivity index (χ1) is 7.63. The van der Waals surface area contributed by atoms with Crippen molar-refractivity contribution in [2.24, 2.45) is 5.73 Å². The van der Waals surface area contributed by atoms with E-state index in [1.807, 2.05) is 24.3 Å². The van der Waals surface area contributed by atoms with Gasteiger partial charge in [0.2, 0.25) is 0 Å². The molecule has 1 aromatic carbocycles. The molecule has 0 atom stereocenters. The van der Waals surface area contributed by atoms with E-state index in [1.54, 1.807) is 7.11 Å². The molecule has 0 bridgehead atoms. The minimum Gasteiger partial charge on any atom is -0.497 e. The lowest BCUT2D eigenvalue weighted by Crippen LogP contribution is -2.35. The van der Waals surface area contributed by atoms with E-state index in [-0.39, 0.29) is 5.54 Å². The van der Waals surface area contributed by atoms with Crippen molar-refractivity contribution in [2.75, 3.05) is 7.11 Å². The summed E-state index contributed by atoms with van der Waals surface area (Å²) in [6.07, 6.45) is 6.05. The number of hydrogen-bond donors (Lipinski definition) is 1. The van der Waals surface area contributed by atoms with Crippen LogP contribution in [0.5, 0.6) is 5.75 Å².